The number of hydrogen-bond donors (Lipinski definition) is 1. The number of hydrogen-bond acceptors (Lipinski definition) is 2. The minimum absolute atomic E-state index is 0.0160. The maximum Gasteiger partial charge on any atom is 0.224 e. The summed E-state index contributed by atoms with van der Waals surface area (Å²) in [6.07, 6.45) is 0.835. The number of nitrogens with zero attached hydrogens (tertiary/aromatic N) is 1. The standard InChI is InChI=1S/C31H38N2O/c1-21(34)33-27-18-15-23(19-22-13-16-24(17-14-22)29(2,3)4)20-26(27)31(7,28(32)30(33,5)6)25-11-9-8-10-12-25/h8-18,20,28H,19,32H2,1-7H3. The fraction of sp³-hybridized carbons (Fsp3) is 0.387. The molecule has 1 aliphatic heterocycles. The number of rotatable bonds is 3. The largest absolute Gasteiger partial charge is 0.325 e. The van der Waals surface area contributed by atoms with E-state index in [1.165, 1.54) is 22.3 Å². The van der Waals surface area contributed by atoms with Crippen LogP contribution >= 0.6 is 0 Å². The van der Waals surface area contributed by atoms with Crippen molar-refractivity contribution in [2.24, 2.45) is 5.73 Å². The van der Waals surface area contributed by atoms with Gasteiger partial charge in [-0.15, -0.1) is 0 Å². The molecule has 1 amide bonds. The number of nitrogens with two attached hydrogens (primary N) is 1. The van der Waals surface area contributed by atoms with Crippen LogP contribution in [0.2, 0.25) is 0 Å². The first kappa shape index (κ1) is 24.2. The lowest BCUT2D eigenvalue weighted by molar-refractivity contribution is -0.118. The van der Waals surface area contributed by atoms with Crippen LogP contribution in [0.1, 0.15) is 76.3 Å². The van der Waals surface area contributed by atoms with Crippen molar-refractivity contribution in [2.45, 2.75) is 77.3 Å². The van der Waals surface area contributed by atoms with E-state index >= 15 is 0 Å². The van der Waals surface area contributed by atoms with Crippen molar-refractivity contribution in [1.29, 1.82) is 0 Å². The fourth-order valence-corrected chi connectivity index (χ4v) is 5.68. The number of carbonyl (C=O) groups excluding carboxylic acids is 1. The van der Waals surface area contributed by atoms with Gasteiger partial charge in [0.2, 0.25) is 5.91 Å². The first-order chi connectivity index (χ1) is 15.9. The molecule has 0 bridgehead atoms. The lowest BCUT2D eigenvalue weighted by Gasteiger charge is -2.55. The lowest BCUT2D eigenvalue weighted by atomic mass is 9.61. The molecule has 0 radical (unpaired) electrons. The van der Waals surface area contributed by atoms with Gasteiger partial charge in [-0.2, -0.15) is 0 Å². The maximum atomic E-state index is 12.8. The molecule has 0 saturated heterocycles. The number of benzene rings is 3. The molecule has 4 rings (SSSR count). The van der Waals surface area contributed by atoms with E-state index in [-0.39, 0.29) is 17.4 Å². The Hall–Kier alpha value is -2.91. The van der Waals surface area contributed by atoms with Crippen molar-refractivity contribution < 1.29 is 4.79 Å². The Kier molecular flexibility index (Phi) is 5.98. The first-order valence-corrected chi connectivity index (χ1v) is 12.2. The Morgan fingerprint density at radius 3 is 2.06 bits per heavy atom. The summed E-state index contributed by atoms with van der Waals surface area (Å²) in [5.74, 6) is 0.0160. The van der Waals surface area contributed by atoms with Gasteiger partial charge < -0.3 is 10.6 Å². The highest BCUT2D eigenvalue weighted by Crippen LogP contribution is 2.50. The zero-order valence-electron chi connectivity index (χ0n) is 21.6. The molecule has 178 valence electrons. The van der Waals surface area contributed by atoms with Crippen LogP contribution in [0.3, 0.4) is 0 Å². The molecule has 3 nitrogen and oxygen atoms in total. The number of carbonyl (C=O) groups is 1. The van der Waals surface area contributed by atoms with E-state index in [9.17, 15) is 4.79 Å². The van der Waals surface area contributed by atoms with Gasteiger partial charge in [0.15, 0.2) is 0 Å². The van der Waals surface area contributed by atoms with Crippen molar-refractivity contribution in [1.82, 2.24) is 0 Å². The van der Waals surface area contributed by atoms with Crippen molar-refractivity contribution in [3.63, 3.8) is 0 Å². The van der Waals surface area contributed by atoms with Gasteiger partial charge in [-0.25, -0.2) is 0 Å². The Balaban J connectivity index is 1.84. The number of anilines is 1. The zero-order chi connectivity index (χ0) is 24.9. The predicted molar refractivity (Wildman–Crippen MR) is 143 cm³/mol. The van der Waals surface area contributed by atoms with Crippen LogP contribution in [0, 0.1) is 0 Å². The summed E-state index contributed by atoms with van der Waals surface area (Å²) in [5.41, 5.74) is 13.3. The van der Waals surface area contributed by atoms with Crippen LogP contribution in [-0.4, -0.2) is 17.5 Å². The predicted octanol–water partition coefficient (Wildman–Crippen LogP) is 6.35. The maximum absolute atomic E-state index is 12.8. The van der Waals surface area contributed by atoms with Crippen molar-refractivity contribution in [3.8, 4) is 0 Å². The molecule has 2 atom stereocenters. The van der Waals surface area contributed by atoms with Crippen molar-refractivity contribution in [2.75, 3.05) is 4.90 Å². The minimum atomic E-state index is -0.534. The smallest absolute Gasteiger partial charge is 0.224 e. The van der Waals surface area contributed by atoms with E-state index in [1.54, 1.807) is 6.92 Å². The summed E-state index contributed by atoms with van der Waals surface area (Å²) < 4.78 is 0. The summed E-state index contributed by atoms with van der Waals surface area (Å²) >= 11 is 0. The van der Waals surface area contributed by atoms with Crippen LogP contribution in [0.5, 0.6) is 0 Å². The Morgan fingerprint density at radius 2 is 1.50 bits per heavy atom. The molecule has 3 heteroatoms. The number of fused-ring (bicyclic) bond motifs is 1. The Labute approximate surface area is 205 Å². The Bertz CT molecular complexity index is 1190. The second kappa shape index (κ2) is 8.39. The van der Waals surface area contributed by atoms with Gasteiger partial charge >= 0.3 is 0 Å². The third-order valence-corrected chi connectivity index (χ3v) is 7.74. The SMILES string of the molecule is CC(=O)N1c2ccc(Cc3ccc(C(C)(C)C)cc3)cc2C(C)(c2ccccc2)C(N)C1(C)C. The van der Waals surface area contributed by atoms with Crippen LogP contribution in [0.25, 0.3) is 0 Å². The first-order valence-electron chi connectivity index (χ1n) is 12.2. The molecule has 2 unspecified atom stereocenters. The van der Waals surface area contributed by atoms with Gasteiger partial charge in [-0.05, 0) is 66.5 Å². The molecular formula is C31H38N2O. The molecule has 0 saturated carbocycles. The van der Waals surface area contributed by atoms with E-state index in [2.05, 4.69) is 108 Å². The van der Waals surface area contributed by atoms with E-state index < -0.39 is 11.0 Å². The van der Waals surface area contributed by atoms with E-state index in [0.717, 1.165) is 17.7 Å². The number of amides is 1. The van der Waals surface area contributed by atoms with Crippen LogP contribution < -0.4 is 10.6 Å². The van der Waals surface area contributed by atoms with E-state index in [1.807, 2.05) is 11.0 Å². The fourth-order valence-electron chi connectivity index (χ4n) is 5.68. The second-order valence-corrected chi connectivity index (χ2v) is 11.5. The molecule has 0 aromatic heterocycles. The van der Waals surface area contributed by atoms with Gasteiger partial charge in [0.1, 0.15) is 0 Å². The highest BCUT2D eigenvalue weighted by molar-refractivity contribution is 5.95. The van der Waals surface area contributed by atoms with Crippen LogP contribution in [0.4, 0.5) is 5.69 Å². The summed E-state index contributed by atoms with van der Waals surface area (Å²) in [5, 5.41) is 0. The van der Waals surface area contributed by atoms with Gasteiger partial charge in [-0.3, -0.25) is 4.79 Å². The van der Waals surface area contributed by atoms with Crippen molar-refractivity contribution in [3.05, 3.63) is 101 Å². The third-order valence-electron chi connectivity index (χ3n) is 7.74. The van der Waals surface area contributed by atoms with E-state index in [0.29, 0.717) is 0 Å². The quantitative estimate of drug-likeness (QED) is 0.501. The summed E-state index contributed by atoms with van der Waals surface area (Å²) in [4.78, 5) is 14.7. The molecular weight excluding hydrogens is 416 g/mol. The third kappa shape index (κ3) is 3.96. The topological polar surface area (TPSA) is 46.3 Å². The Morgan fingerprint density at radius 1 is 0.912 bits per heavy atom. The molecule has 3 aromatic carbocycles. The summed E-state index contributed by atoms with van der Waals surface area (Å²) in [6, 6.07) is 25.7. The molecule has 2 N–H and O–H groups in total. The molecule has 0 fully saturated rings. The molecule has 34 heavy (non-hydrogen) atoms. The second-order valence-electron chi connectivity index (χ2n) is 11.5. The van der Waals surface area contributed by atoms with Crippen LogP contribution in [0.15, 0.2) is 72.8 Å². The molecule has 3 aromatic rings. The van der Waals surface area contributed by atoms with Gasteiger partial charge in [0.05, 0.1) is 5.54 Å². The zero-order valence-corrected chi connectivity index (χ0v) is 21.6. The van der Waals surface area contributed by atoms with Gasteiger partial charge in [-0.1, -0.05) is 87.5 Å². The highest BCUT2D eigenvalue weighted by atomic mass is 16.2. The summed E-state index contributed by atoms with van der Waals surface area (Å²) in [7, 11) is 0. The summed E-state index contributed by atoms with van der Waals surface area (Å²) in [6.45, 7) is 14.7. The lowest BCUT2D eigenvalue weighted by Crippen LogP contribution is -2.68. The molecule has 1 heterocycles. The molecule has 0 aliphatic carbocycles. The van der Waals surface area contributed by atoms with Crippen molar-refractivity contribution >= 4 is 11.6 Å². The van der Waals surface area contributed by atoms with Gasteiger partial charge in [0, 0.05) is 24.1 Å². The molecule has 1 aliphatic rings. The highest BCUT2D eigenvalue weighted by Gasteiger charge is 2.53. The minimum Gasteiger partial charge on any atom is -0.325 e. The average molecular weight is 455 g/mol. The van der Waals surface area contributed by atoms with Gasteiger partial charge in [0.25, 0.3) is 0 Å². The monoisotopic (exact) mass is 454 g/mol. The normalized spacial score (nSPS) is 21.8. The van der Waals surface area contributed by atoms with Crippen LogP contribution in [-0.2, 0) is 22.0 Å². The van der Waals surface area contributed by atoms with E-state index in [4.69, 9.17) is 5.73 Å². The average Bonchev–Trinajstić information content (AvgIpc) is 2.78. The molecule has 0 spiro atoms.